The summed E-state index contributed by atoms with van der Waals surface area (Å²) >= 11 is 46.0. The van der Waals surface area contributed by atoms with Crippen molar-refractivity contribution in [3.8, 4) is 76.1 Å². The van der Waals surface area contributed by atoms with E-state index in [1.54, 1.807) is 68.0 Å². The Hall–Kier alpha value is -2.17. The molecule has 31 heteroatoms. The summed E-state index contributed by atoms with van der Waals surface area (Å²) in [4.78, 5) is 25.3. The molecule has 0 atom stereocenters. The number of ether oxygens (including phenoxy) is 4. The Morgan fingerprint density at radius 3 is 0.974 bits per heavy atom. The van der Waals surface area contributed by atoms with Gasteiger partial charge in [-0.2, -0.15) is 11.4 Å². The van der Waals surface area contributed by atoms with Crippen LogP contribution in [-0.4, -0.2) is 141 Å². The molecule has 14 heterocycles. The van der Waals surface area contributed by atoms with E-state index in [0.29, 0.717) is 13.4 Å². The van der Waals surface area contributed by atoms with Crippen LogP contribution < -0.4 is 41.2 Å². The minimum atomic E-state index is 0. The number of thiophene rings is 10. The molecule has 10 aromatic heterocycles. The smallest absolute Gasteiger partial charge is 1.00 e. The molecule has 0 saturated carbocycles. The van der Waals surface area contributed by atoms with Gasteiger partial charge >= 0.3 is 30.7 Å². The molecule has 4 fully saturated rings. The van der Waals surface area contributed by atoms with Crippen molar-refractivity contribution in [2.24, 2.45) is 0 Å². The van der Waals surface area contributed by atoms with E-state index in [0.717, 1.165) is 131 Å². The first kappa shape index (κ1) is 95.1. The van der Waals surface area contributed by atoms with Crippen LogP contribution in [0.2, 0.25) is 0 Å². The molecule has 0 unspecified atom stereocenters. The van der Waals surface area contributed by atoms with Gasteiger partial charge in [-0.3, -0.25) is 0 Å². The monoisotopic (exact) mass is 2300 g/mol. The van der Waals surface area contributed by atoms with Gasteiger partial charge in [0.05, 0.1) is 64.2 Å². The molecule has 1 N–H and O–H groups in total. The summed E-state index contributed by atoms with van der Waals surface area (Å²) in [6, 6.07) is 66.3. The third-order valence-electron chi connectivity index (χ3n) is 17.5. The molecule has 115 heavy (non-hydrogen) atoms. The van der Waals surface area contributed by atoms with Crippen LogP contribution in [0.5, 0.6) is 5.75 Å². The van der Waals surface area contributed by atoms with Crippen LogP contribution in [0.15, 0.2) is 243 Å². The molecular formula is C84H77BBr9MgN4O6S10. The van der Waals surface area contributed by atoms with Crippen LogP contribution in [0.1, 0.15) is 25.6 Å². The summed E-state index contributed by atoms with van der Waals surface area (Å²) in [5.74, 6) is 0.634. The second-order valence-corrected chi connectivity index (χ2v) is 44.3. The van der Waals surface area contributed by atoms with Gasteiger partial charge in [-0.15, -0.1) is 107 Å². The fourth-order valence-electron chi connectivity index (χ4n) is 11.7. The molecule has 0 bridgehead atoms. The number of hydrogen-bond acceptors (Lipinski definition) is 20. The zero-order valence-corrected chi connectivity index (χ0v) is 86.4. The Morgan fingerprint density at radius 2 is 0.713 bits per heavy atom. The molecule has 0 spiro atoms. The molecule has 4 aromatic carbocycles. The van der Waals surface area contributed by atoms with E-state index >= 15 is 0 Å². The Labute approximate surface area is 809 Å². The van der Waals surface area contributed by atoms with Gasteiger partial charge in [-0.1, -0.05) is 75.4 Å². The third kappa shape index (κ3) is 28.4. The summed E-state index contributed by atoms with van der Waals surface area (Å²) in [7, 11) is 0.684. The van der Waals surface area contributed by atoms with Gasteiger partial charge in [0.1, 0.15) is 5.75 Å². The van der Waals surface area contributed by atoms with Crippen LogP contribution >= 0.6 is 241 Å². The summed E-state index contributed by atoms with van der Waals surface area (Å²) in [6.45, 7) is 21.0. The summed E-state index contributed by atoms with van der Waals surface area (Å²) < 4.78 is 35.6. The van der Waals surface area contributed by atoms with Crippen LogP contribution in [-0.2, 0) is 24.4 Å². The van der Waals surface area contributed by atoms with Gasteiger partial charge in [-0.25, -0.2) is 6.07 Å². The van der Waals surface area contributed by atoms with Crippen molar-refractivity contribution >= 4 is 294 Å². The van der Waals surface area contributed by atoms with E-state index in [1.165, 1.54) is 106 Å². The van der Waals surface area contributed by atoms with Crippen LogP contribution in [0, 0.1) is 5.38 Å². The van der Waals surface area contributed by atoms with Gasteiger partial charge in [-0.05, 0) is 287 Å². The maximum absolute atomic E-state index is 8.46. The molecular weight excluding hydrogens is 2240 g/mol. The second kappa shape index (κ2) is 48.8. The maximum atomic E-state index is 8.46. The fraction of sp³-hybridized carbons (Fsp3) is 0.238. The van der Waals surface area contributed by atoms with Crippen molar-refractivity contribution in [1.82, 2.24) is 0 Å². The topological polar surface area (TPSA) is 79.3 Å². The minimum Gasteiger partial charge on any atom is -1.00 e. The Bertz CT molecular complexity index is 4900. The van der Waals surface area contributed by atoms with E-state index in [1.807, 2.05) is 93.2 Å². The molecule has 1 radical (unpaired) electrons. The van der Waals surface area contributed by atoms with Crippen molar-refractivity contribution < 1.29 is 45.6 Å². The Balaban J connectivity index is 0.000000148. The number of halogens is 9. The van der Waals surface area contributed by atoms with Crippen molar-refractivity contribution in [3.05, 3.63) is 254 Å². The number of anilines is 4. The predicted octanol–water partition coefficient (Wildman–Crippen LogP) is 26.2. The van der Waals surface area contributed by atoms with Gasteiger partial charge in [0, 0.05) is 156 Å². The van der Waals surface area contributed by atoms with Gasteiger partial charge in [0.15, 0.2) is 0 Å². The molecule has 4 aliphatic heterocycles. The van der Waals surface area contributed by atoms with Crippen LogP contribution in [0.3, 0.4) is 0 Å². The average Bonchev–Trinajstić information content (AvgIpc) is 1.62. The molecule has 0 amide bonds. The summed E-state index contributed by atoms with van der Waals surface area (Å²) in [5, 5.41) is 19.7. The number of morpholine rings is 4. The number of nitrogens with zero attached hydrogens (tertiary/aromatic N) is 4. The molecule has 14 aromatic rings. The Morgan fingerprint density at radius 1 is 0.374 bits per heavy atom. The number of benzene rings is 4. The molecule has 4 aliphatic rings. The largest absolute Gasteiger partial charge is 2.00 e. The quantitative estimate of drug-likeness (QED) is 0.0891. The van der Waals surface area contributed by atoms with Gasteiger partial charge in [0.25, 0.3) is 0 Å². The minimum absolute atomic E-state index is 0. The standard InChI is InChI=1S/C22H24BrNOS2.2C18H16BrNOS2.C10H13BNO3.C8H4Br2S2.C4HBr3S.C4H3S.BrH.Mg/c1-22(2,3)20-9-8-18(26-20)19-14-17(23)21(27-19)15-4-6-16(7-5-15)24-10-12-25-13-11-24;2*19-15-12-17(16-2-1-11-22-16)23-18(15)13-3-5-14(6-4-13)20-7-9-21-10-8-20;13-11-15-10-3-1-9(2-4-10)12-5-7-14-8-6-12;9-5-4-7(12-8(5)10)6-2-1-3-11-6;5-2-1-3(6)8-4(2)7;1-2-4-5-3-1;;/h4-9,14H,10-13H2,1-3H3;2*1-6,11-12H,7-10H2;1-4,13H,5-8H2;1-4H;1H;1-3H;1H;/q;;;;;;-1;;+2/p-1. The van der Waals surface area contributed by atoms with E-state index in [9.17, 15) is 0 Å². The van der Waals surface area contributed by atoms with Gasteiger partial charge < -0.3 is 76.5 Å². The molecule has 597 valence electrons. The number of hydrogen-bond donors (Lipinski definition) is 1. The SMILES string of the molecule is Brc1cc(-c2cccs2)sc1-c1ccc(N2CCOCC2)cc1.Brc1cc(-c2cccs2)sc1-c1ccc(N2CCOCC2)cc1.Brc1cc(-c2cccs2)sc1Br.Brc1cc(Br)c(Br)s1.CC(C)(C)c1ccc(-c2cc(Br)c(-c3ccc(N4CCOCC4)cc3)s2)s1.O[B]Oc1ccc(N2CCOCC2)cc1.[Br-].[Mg+2].[c-]1cccs1. The summed E-state index contributed by atoms with van der Waals surface area (Å²) in [6.07, 6.45) is 0. The second-order valence-electron chi connectivity index (χ2n) is 26.1. The van der Waals surface area contributed by atoms with E-state index < -0.39 is 0 Å². The zero-order valence-electron chi connectivity index (χ0n) is 62.6. The Kier molecular flexibility index (Phi) is 40.3. The fourth-order valence-corrected chi connectivity index (χ4v) is 26.9. The van der Waals surface area contributed by atoms with E-state index in [2.05, 4.69) is 335 Å². The first-order valence-corrected chi connectivity index (χ1v) is 50.6. The molecule has 10 nitrogen and oxygen atoms in total. The first-order valence-electron chi connectivity index (χ1n) is 35.8. The normalized spacial score (nSPS) is 13.9. The van der Waals surface area contributed by atoms with E-state index in [4.69, 9.17) is 28.6 Å². The molecule has 4 saturated heterocycles. The zero-order chi connectivity index (χ0) is 79.1. The average molecular weight is 2310 g/mol. The van der Waals surface area contributed by atoms with Crippen molar-refractivity contribution in [2.45, 2.75) is 26.2 Å². The van der Waals surface area contributed by atoms with Crippen LogP contribution in [0.25, 0.3) is 70.3 Å². The van der Waals surface area contributed by atoms with E-state index in [-0.39, 0.29) is 45.4 Å². The van der Waals surface area contributed by atoms with Gasteiger partial charge in [0.2, 0.25) is 0 Å². The third-order valence-corrected chi connectivity index (χ3v) is 36.2. The number of rotatable bonds is 13. The van der Waals surface area contributed by atoms with Crippen molar-refractivity contribution in [1.29, 1.82) is 0 Å². The van der Waals surface area contributed by atoms with Crippen molar-refractivity contribution in [3.63, 3.8) is 0 Å². The van der Waals surface area contributed by atoms with Crippen molar-refractivity contribution in [2.75, 3.05) is 125 Å². The maximum Gasteiger partial charge on any atom is 2.00 e. The van der Waals surface area contributed by atoms with Crippen LogP contribution in [0.4, 0.5) is 22.7 Å². The summed E-state index contributed by atoms with van der Waals surface area (Å²) in [5.41, 5.74) is 9.00. The predicted molar refractivity (Wildman–Crippen MR) is 528 cm³/mol. The first-order chi connectivity index (χ1) is 54.9. The molecule has 0 aliphatic carbocycles. The molecule has 18 rings (SSSR count).